The summed E-state index contributed by atoms with van der Waals surface area (Å²) >= 11 is 0. The number of halogens is 8. The molecule has 0 heterocycles. The number of alkyl halides is 6. The van der Waals surface area contributed by atoms with E-state index in [0.29, 0.717) is 0 Å². The van der Waals surface area contributed by atoms with E-state index in [1.165, 1.54) is 12.1 Å². The number of ether oxygens (including phenoxy) is 4. The third-order valence-electron chi connectivity index (χ3n) is 4.87. The van der Waals surface area contributed by atoms with Crippen molar-refractivity contribution in [2.75, 3.05) is 13.2 Å². The number of nitrogens with zero attached hydrogens (tertiary/aromatic N) is 2. The highest BCUT2D eigenvalue weighted by Gasteiger charge is 2.31. The molecule has 0 aliphatic heterocycles. The Morgan fingerprint density at radius 3 is 1.19 bits per heavy atom. The van der Waals surface area contributed by atoms with Gasteiger partial charge in [-0.25, -0.2) is 18.4 Å². The highest BCUT2D eigenvalue weighted by molar-refractivity contribution is 5.90. The molecule has 3 rings (SSSR count). The topological polar surface area (TPSA) is 119 Å². The number of esters is 2. The first-order chi connectivity index (χ1) is 19.6. The van der Waals surface area contributed by atoms with Crippen LogP contribution in [0.3, 0.4) is 0 Å². The molecule has 0 aromatic heterocycles. The molecule has 3 aromatic carbocycles. The predicted molar refractivity (Wildman–Crippen MR) is 121 cm³/mol. The monoisotopic (exact) mass is 600 g/mol. The Morgan fingerprint density at radius 1 is 0.619 bits per heavy atom. The van der Waals surface area contributed by atoms with Gasteiger partial charge in [0.25, 0.3) is 0 Å². The van der Waals surface area contributed by atoms with Crippen molar-refractivity contribution < 1.29 is 63.7 Å². The van der Waals surface area contributed by atoms with Gasteiger partial charge in [0.15, 0.2) is 24.8 Å². The summed E-state index contributed by atoms with van der Waals surface area (Å²) in [5.41, 5.74) is -2.85. The minimum atomic E-state index is -4.78. The van der Waals surface area contributed by atoms with Gasteiger partial charge < -0.3 is 18.9 Å². The van der Waals surface area contributed by atoms with Crippen molar-refractivity contribution in [3.05, 3.63) is 82.4 Å². The Balaban J connectivity index is 1.92. The maximum absolute atomic E-state index is 15.2. The molecule has 218 valence electrons. The quantitative estimate of drug-likeness (QED) is 0.206. The lowest BCUT2D eigenvalue weighted by Crippen LogP contribution is -2.20. The first-order valence-electron chi connectivity index (χ1n) is 11.0. The van der Waals surface area contributed by atoms with Crippen LogP contribution in [0.4, 0.5) is 35.1 Å². The number of hydrogen-bond acceptors (Lipinski definition) is 8. The summed E-state index contributed by atoms with van der Waals surface area (Å²) in [5.74, 6) is -8.60. The van der Waals surface area contributed by atoms with Crippen LogP contribution in [0.5, 0.6) is 23.0 Å². The van der Waals surface area contributed by atoms with E-state index in [9.17, 15) is 46.5 Å². The van der Waals surface area contributed by atoms with Crippen molar-refractivity contribution in [3.8, 4) is 35.1 Å². The van der Waals surface area contributed by atoms with Crippen LogP contribution in [0.25, 0.3) is 0 Å². The van der Waals surface area contributed by atoms with Crippen LogP contribution in [0, 0.1) is 34.3 Å². The van der Waals surface area contributed by atoms with Gasteiger partial charge in [-0.2, -0.15) is 36.9 Å². The van der Waals surface area contributed by atoms with E-state index in [1.54, 1.807) is 0 Å². The summed E-state index contributed by atoms with van der Waals surface area (Å²) in [6.45, 7) is -3.71. The van der Waals surface area contributed by atoms with Crippen LogP contribution >= 0.6 is 0 Å². The molecule has 16 heteroatoms. The van der Waals surface area contributed by atoms with Crippen molar-refractivity contribution in [2.24, 2.45) is 0 Å². The number of benzene rings is 3. The number of hydrogen-bond donors (Lipinski definition) is 0. The number of nitriles is 2. The Morgan fingerprint density at radius 2 is 0.929 bits per heavy atom. The predicted octanol–water partition coefficient (Wildman–Crippen LogP) is 6.73. The van der Waals surface area contributed by atoms with Crippen molar-refractivity contribution in [3.63, 3.8) is 0 Å². The maximum Gasteiger partial charge on any atom is 0.422 e. The normalized spacial score (nSPS) is 11.2. The second-order valence-corrected chi connectivity index (χ2v) is 7.90. The molecule has 0 aliphatic carbocycles. The van der Waals surface area contributed by atoms with Crippen LogP contribution in [0.15, 0.2) is 48.5 Å². The molecule has 0 fully saturated rings. The smallest absolute Gasteiger partial charge is 0.422 e. The zero-order chi connectivity index (χ0) is 31.2. The van der Waals surface area contributed by atoms with E-state index in [2.05, 4.69) is 9.47 Å². The fourth-order valence-electron chi connectivity index (χ4n) is 3.05. The van der Waals surface area contributed by atoms with Gasteiger partial charge in [-0.05, 0) is 48.5 Å². The SMILES string of the molecule is N#Cc1c(F)c(Oc2ccc(C(=O)OCC(F)(F)F)cc2)c(Oc2ccc(C(=O)OCC(F)(F)F)cc2)c(F)c1C#N. The van der Waals surface area contributed by atoms with Crippen LogP contribution in [-0.2, 0) is 9.47 Å². The Hall–Kier alpha value is -5.38. The lowest BCUT2D eigenvalue weighted by molar-refractivity contribution is -0.161. The molecule has 0 amide bonds. The summed E-state index contributed by atoms with van der Waals surface area (Å²) in [4.78, 5) is 23.6. The van der Waals surface area contributed by atoms with Gasteiger partial charge in [-0.1, -0.05) is 0 Å². The van der Waals surface area contributed by atoms with Crippen molar-refractivity contribution in [1.82, 2.24) is 0 Å². The van der Waals surface area contributed by atoms with Gasteiger partial charge in [-0.3, -0.25) is 0 Å². The molecular formula is C26H12F8N2O6. The molecule has 0 saturated heterocycles. The molecule has 8 nitrogen and oxygen atoms in total. The Labute approximate surface area is 229 Å². The summed E-state index contributed by atoms with van der Waals surface area (Å²) in [6.07, 6.45) is -9.55. The zero-order valence-electron chi connectivity index (χ0n) is 20.4. The summed E-state index contributed by atoms with van der Waals surface area (Å²) < 4.78 is 123. The van der Waals surface area contributed by atoms with Gasteiger partial charge in [0.05, 0.1) is 11.1 Å². The molecule has 0 atom stereocenters. The van der Waals surface area contributed by atoms with E-state index in [-0.39, 0.29) is 22.6 Å². The lowest BCUT2D eigenvalue weighted by Gasteiger charge is -2.16. The standard InChI is InChI=1S/C26H12F8N2O6/c27-19-17(9-35)18(10-36)20(28)22(42-16-7-3-14(4-8-16)24(38)40-12-26(32,33)34)21(19)41-15-5-1-13(2-6-15)23(37)39-11-25(29,30)31/h1-8H,11-12H2. The van der Waals surface area contributed by atoms with Crippen LogP contribution in [0.2, 0.25) is 0 Å². The van der Waals surface area contributed by atoms with E-state index in [1.807, 2.05) is 0 Å². The van der Waals surface area contributed by atoms with E-state index >= 15 is 8.78 Å². The molecule has 0 radical (unpaired) electrons. The summed E-state index contributed by atoms with van der Waals surface area (Å²) in [5, 5.41) is 18.5. The van der Waals surface area contributed by atoms with Crippen LogP contribution < -0.4 is 9.47 Å². The maximum atomic E-state index is 15.2. The van der Waals surface area contributed by atoms with Gasteiger partial charge in [0.1, 0.15) is 34.8 Å². The second kappa shape index (κ2) is 12.4. The van der Waals surface area contributed by atoms with Gasteiger partial charge in [0.2, 0.25) is 11.5 Å². The highest BCUT2D eigenvalue weighted by Crippen LogP contribution is 2.42. The fourth-order valence-corrected chi connectivity index (χ4v) is 3.05. The summed E-state index contributed by atoms with van der Waals surface area (Å²) in [7, 11) is 0. The molecule has 42 heavy (non-hydrogen) atoms. The van der Waals surface area contributed by atoms with Crippen molar-refractivity contribution in [2.45, 2.75) is 12.4 Å². The Kier molecular flexibility index (Phi) is 9.21. The van der Waals surface area contributed by atoms with Crippen LogP contribution in [-0.4, -0.2) is 37.5 Å². The molecule has 0 N–H and O–H groups in total. The van der Waals surface area contributed by atoms with Gasteiger partial charge >= 0.3 is 24.3 Å². The number of rotatable bonds is 8. The molecule has 0 spiro atoms. The van der Waals surface area contributed by atoms with E-state index in [0.717, 1.165) is 48.5 Å². The molecule has 0 bridgehead atoms. The molecular weight excluding hydrogens is 588 g/mol. The van der Waals surface area contributed by atoms with Crippen molar-refractivity contribution in [1.29, 1.82) is 10.5 Å². The average molecular weight is 600 g/mol. The van der Waals surface area contributed by atoms with Gasteiger partial charge in [-0.15, -0.1) is 0 Å². The number of carbonyl (C=O) groups is 2. The average Bonchev–Trinajstić information content (AvgIpc) is 2.93. The number of carbonyl (C=O) groups excluding carboxylic acids is 2. The summed E-state index contributed by atoms with van der Waals surface area (Å²) in [6, 6.07) is 10.2. The molecule has 0 saturated carbocycles. The second-order valence-electron chi connectivity index (χ2n) is 7.90. The third-order valence-corrected chi connectivity index (χ3v) is 4.87. The molecule has 0 aliphatic rings. The minimum Gasteiger partial charge on any atom is -0.452 e. The first-order valence-corrected chi connectivity index (χ1v) is 11.0. The van der Waals surface area contributed by atoms with Crippen LogP contribution in [0.1, 0.15) is 31.8 Å². The largest absolute Gasteiger partial charge is 0.452 e. The fraction of sp³-hybridized carbons (Fsp3) is 0.154. The third kappa shape index (κ3) is 7.85. The minimum absolute atomic E-state index is 0.332. The van der Waals surface area contributed by atoms with Crippen molar-refractivity contribution >= 4 is 11.9 Å². The van der Waals surface area contributed by atoms with Gasteiger partial charge in [0, 0.05) is 0 Å². The first kappa shape index (κ1) is 31.2. The van der Waals surface area contributed by atoms with E-state index < -0.39 is 71.8 Å². The van der Waals surface area contributed by atoms with E-state index in [4.69, 9.17) is 9.47 Å². The zero-order valence-corrected chi connectivity index (χ0v) is 20.4. The Bertz CT molecular complexity index is 1450. The lowest BCUT2D eigenvalue weighted by atomic mass is 10.1. The molecule has 0 unspecified atom stereocenters. The molecule has 3 aromatic rings. The highest BCUT2D eigenvalue weighted by atomic mass is 19.4.